The summed E-state index contributed by atoms with van der Waals surface area (Å²) >= 11 is 1.03. The first kappa shape index (κ1) is 16.0. The molecule has 0 unspecified atom stereocenters. The van der Waals surface area contributed by atoms with Gasteiger partial charge < -0.3 is 10.2 Å². The van der Waals surface area contributed by atoms with E-state index in [9.17, 15) is 9.59 Å². The van der Waals surface area contributed by atoms with Crippen LogP contribution in [0.3, 0.4) is 0 Å². The van der Waals surface area contributed by atoms with E-state index in [1.807, 2.05) is 6.07 Å². The molecule has 24 heavy (non-hydrogen) atoms. The smallest absolute Gasteiger partial charge is 0.247 e. The minimum absolute atomic E-state index is 0.0799. The van der Waals surface area contributed by atoms with E-state index >= 15 is 0 Å². The Morgan fingerprint density at radius 2 is 2.04 bits per heavy atom. The van der Waals surface area contributed by atoms with Crippen LogP contribution in [0.4, 0.5) is 5.69 Å². The van der Waals surface area contributed by atoms with E-state index in [1.165, 1.54) is 17.4 Å². The Bertz CT molecular complexity index is 787. The van der Waals surface area contributed by atoms with E-state index < -0.39 is 5.25 Å². The minimum atomic E-state index is -0.597. The van der Waals surface area contributed by atoms with Crippen LogP contribution >= 0.6 is 11.8 Å². The van der Waals surface area contributed by atoms with Crippen molar-refractivity contribution >= 4 is 40.6 Å². The standard InChI is InChI=1S/C16H14N4O3S/c17-16(19-18-10-12-7-4-8-23-12)24-13-9-14(21)20(15(13)22)11-5-2-1-3-6-11/h1-8,10,13H,9H2,(H2,17,19)/b18-10-/t13-/m1/s1. The minimum Gasteiger partial charge on any atom is -0.463 e. The molecule has 1 saturated heterocycles. The molecule has 1 aromatic carbocycles. The molecule has 3 rings (SSSR count). The number of amides is 2. The molecule has 1 atom stereocenters. The van der Waals surface area contributed by atoms with Crippen molar-refractivity contribution in [3.05, 3.63) is 54.5 Å². The van der Waals surface area contributed by atoms with Crippen molar-refractivity contribution in [2.45, 2.75) is 11.7 Å². The highest BCUT2D eigenvalue weighted by Gasteiger charge is 2.40. The summed E-state index contributed by atoms with van der Waals surface area (Å²) in [6.45, 7) is 0. The molecule has 0 saturated carbocycles. The number of rotatable bonds is 4. The number of hydrogen-bond acceptors (Lipinski definition) is 6. The Morgan fingerprint density at radius 1 is 1.25 bits per heavy atom. The zero-order valence-corrected chi connectivity index (χ0v) is 13.3. The van der Waals surface area contributed by atoms with Crippen LogP contribution < -0.4 is 10.6 Å². The van der Waals surface area contributed by atoms with Gasteiger partial charge in [-0.05, 0) is 24.3 Å². The number of furan rings is 1. The summed E-state index contributed by atoms with van der Waals surface area (Å²) in [6.07, 6.45) is 3.01. The van der Waals surface area contributed by atoms with Crippen molar-refractivity contribution in [3.8, 4) is 0 Å². The number of hydrogen-bond donors (Lipinski definition) is 1. The van der Waals surface area contributed by atoms with Gasteiger partial charge in [0.05, 0.1) is 18.2 Å². The number of para-hydroxylation sites is 1. The molecule has 122 valence electrons. The van der Waals surface area contributed by atoms with Crippen molar-refractivity contribution in [2.24, 2.45) is 15.9 Å². The molecule has 1 fully saturated rings. The number of carbonyl (C=O) groups is 2. The Labute approximate surface area is 142 Å². The molecule has 2 heterocycles. The van der Waals surface area contributed by atoms with Crippen LogP contribution in [0.15, 0.2) is 63.3 Å². The first-order chi connectivity index (χ1) is 11.6. The summed E-state index contributed by atoms with van der Waals surface area (Å²) in [5, 5.41) is 7.11. The molecular formula is C16H14N4O3S. The summed E-state index contributed by atoms with van der Waals surface area (Å²) < 4.78 is 5.07. The third-order valence-corrected chi connectivity index (χ3v) is 4.24. The Morgan fingerprint density at radius 3 is 2.75 bits per heavy atom. The molecule has 2 N–H and O–H groups in total. The second kappa shape index (κ2) is 7.14. The van der Waals surface area contributed by atoms with E-state index in [0.29, 0.717) is 11.4 Å². The van der Waals surface area contributed by atoms with Gasteiger partial charge in [0, 0.05) is 6.42 Å². The lowest BCUT2D eigenvalue weighted by Gasteiger charge is -2.14. The zero-order valence-electron chi connectivity index (χ0n) is 12.5. The van der Waals surface area contributed by atoms with Gasteiger partial charge in [0.15, 0.2) is 5.17 Å². The quantitative estimate of drug-likeness (QED) is 0.396. The first-order valence-corrected chi connectivity index (χ1v) is 8.01. The average Bonchev–Trinajstić information content (AvgIpc) is 3.17. The highest BCUT2D eigenvalue weighted by Crippen LogP contribution is 2.29. The van der Waals surface area contributed by atoms with Gasteiger partial charge in [-0.1, -0.05) is 30.0 Å². The van der Waals surface area contributed by atoms with Crippen LogP contribution in [-0.2, 0) is 9.59 Å². The number of nitrogens with zero attached hydrogens (tertiary/aromatic N) is 3. The molecule has 0 aliphatic carbocycles. The molecule has 0 bridgehead atoms. The molecular weight excluding hydrogens is 328 g/mol. The fraction of sp³-hybridized carbons (Fsp3) is 0.125. The number of carbonyl (C=O) groups excluding carboxylic acids is 2. The third-order valence-electron chi connectivity index (χ3n) is 3.27. The van der Waals surface area contributed by atoms with Crippen molar-refractivity contribution in [1.82, 2.24) is 0 Å². The number of anilines is 1. The van der Waals surface area contributed by atoms with E-state index in [0.717, 1.165) is 11.8 Å². The maximum Gasteiger partial charge on any atom is 0.247 e. The maximum atomic E-state index is 12.4. The fourth-order valence-corrected chi connectivity index (χ4v) is 3.04. The number of imide groups is 1. The lowest BCUT2D eigenvalue weighted by atomic mass is 10.3. The molecule has 7 nitrogen and oxygen atoms in total. The van der Waals surface area contributed by atoms with Crippen LogP contribution in [-0.4, -0.2) is 28.4 Å². The summed E-state index contributed by atoms with van der Waals surface area (Å²) in [5.41, 5.74) is 6.33. The highest BCUT2D eigenvalue weighted by molar-refractivity contribution is 8.14. The van der Waals surface area contributed by atoms with Gasteiger partial charge in [0.2, 0.25) is 11.8 Å². The molecule has 0 radical (unpaired) electrons. The summed E-state index contributed by atoms with van der Waals surface area (Å²) in [6, 6.07) is 12.2. The molecule has 2 amide bonds. The van der Waals surface area contributed by atoms with Gasteiger partial charge in [0.25, 0.3) is 0 Å². The molecule has 8 heteroatoms. The van der Waals surface area contributed by atoms with Gasteiger partial charge in [-0.25, -0.2) is 4.90 Å². The van der Waals surface area contributed by atoms with E-state index in [1.54, 1.807) is 36.4 Å². The van der Waals surface area contributed by atoms with Crippen molar-refractivity contribution in [3.63, 3.8) is 0 Å². The predicted octanol–water partition coefficient (Wildman–Crippen LogP) is 1.99. The first-order valence-electron chi connectivity index (χ1n) is 7.13. The van der Waals surface area contributed by atoms with Crippen LogP contribution in [0.1, 0.15) is 12.2 Å². The molecule has 0 spiro atoms. The topological polar surface area (TPSA) is 101 Å². The van der Waals surface area contributed by atoms with Crippen LogP contribution in [0.2, 0.25) is 0 Å². The number of benzene rings is 1. The number of nitrogens with two attached hydrogens (primary N) is 1. The molecule has 1 aromatic heterocycles. The SMILES string of the molecule is NC(=N/N=C\c1ccco1)S[C@@H]1CC(=O)N(c2ccccc2)C1=O. The zero-order chi connectivity index (χ0) is 16.9. The largest absolute Gasteiger partial charge is 0.463 e. The maximum absolute atomic E-state index is 12.4. The van der Waals surface area contributed by atoms with E-state index in [2.05, 4.69) is 10.2 Å². The number of amidine groups is 1. The van der Waals surface area contributed by atoms with Gasteiger partial charge >= 0.3 is 0 Å². The predicted molar refractivity (Wildman–Crippen MR) is 92.9 cm³/mol. The van der Waals surface area contributed by atoms with Crippen molar-refractivity contribution < 1.29 is 14.0 Å². The van der Waals surface area contributed by atoms with Crippen LogP contribution in [0, 0.1) is 0 Å². The average molecular weight is 342 g/mol. The highest BCUT2D eigenvalue weighted by atomic mass is 32.2. The third kappa shape index (κ3) is 3.54. The summed E-state index contributed by atoms with van der Waals surface area (Å²) in [4.78, 5) is 25.7. The Balaban J connectivity index is 1.65. The molecule has 2 aromatic rings. The van der Waals surface area contributed by atoms with Gasteiger partial charge in [-0.15, -0.1) is 5.10 Å². The van der Waals surface area contributed by atoms with Crippen LogP contribution in [0.25, 0.3) is 0 Å². The lowest BCUT2D eigenvalue weighted by molar-refractivity contribution is -0.121. The summed E-state index contributed by atoms with van der Waals surface area (Å²) in [7, 11) is 0. The second-order valence-electron chi connectivity index (χ2n) is 4.91. The lowest BCUT2D eigenvalue weighted by Crippen LogP contribution is -2.31. The van der Waals surface area contributed by atoms with Gasteiger partial charge in [-0.2, -0.15) is 5.10 Å². The van der Waals surface area contributed by atoms with Crippen molar-refractivity contribution in [2.75, 3.05) is 4.90 Å². The Hall–Kier alpha value is -2.87. The van der Waals surface area contributed by atoms with E-state index in [4.69, 9.17) is 10.2 Å². The summed E-state index contributed by atoms with van der Waals surface area (Å²) in [5.74, 6) is -0.0149. The van der Waals surface area contributed by atoms with Gasteiger partial charge in [0.1, 0.15) is 11.0 Å². The van der Waals surface area contributed by atoms with Gasteiger partial charge in [-0.3, -0.25) is 9.59 Å². The normalized spacial score (nSPS) is 18.8. The second-order valence-corrected chi connectivity index (χ2v) is 6.13. The fourth-order valence-electron chi connectivity index (χ4n) is 2.22. The molecule has 1 aliphatic rings. The van der Waals surface area contributed by atoms with Crippen LogP contribution in [0.5, 0.6) is 0 Å². The van der Waals surface area contributed by atoms with Crippen molar-refractivity contribution in [1.29, 1.82) is 0 Å². The number of thioether (sulfide) groups is 1. The van der Waals surface area contributed by atoms with E-state index in [-0.39, 0.29) is 23.4 Å². The Kier molecular flexibility index (Phi) is 4.76. The monoisotopic (exact) mass is 342 g/mol. The molecule has 1 aliphatic heterocycles.